The minimum Gasteiger partial charge on any atom is -0.502 e. The molecule has 0 radical (unpaired) electrons. The van der Waals surface area contributed by atoms with Crippen LogP contribution >= 0.6 is 0 Å². The van der Waals surface area contributed by atoms with Crippen LogP contribution in [0.4, 0.5) is 0 Å². The summed E-state index contributed by atoms with van der Waals surface area (Å²) in [5.74, 6) is -3.42. The summed E-state index contributed by atoms with van der Waals surface area (Å²) in [6.45, 7) is 1.66. The van der Waals surface area contributed by atoms with Crippen LogP contribution in [0.15, 0.2) is 24.3 Å². The van der Waals surface area contributed by atoms with E-state index in [4.69, 9.17) is 52.5 Å². The van der Waals surface area contributed by atoms with Gasteiger partial charge in [0.1, 0.15) is 18.3 Å². The number of aromatic hydroxyl groups is 1. The number of hydrogen-bond acceptors (Lipinski definition) is 15. The van der Waals surface area contributed by atoms with Crippen molar-refractivity contribution >= 4 is 17.9 Å². The van der Waals surface area contributed by atoms with Gasteiger partial charge in [-0.1, -0.05) is 0 Å². The van der Waals surface area contributed by atoms with E-state index in [1.165, 1.54) is 14.2 Å². The Balaban J connectivity index is 1.28. The zero-order valence-corrected chi connectivity index (χ0v) is 27.5. The molecular formula is C34H38O16. The van der Waals surface area contributed by atoms with E-state index >= 15 is 0 Å². The molecule has 1 aliphatic carbocycles. The van der Waals surface area contributed by atoms with Crippen LogP contribution < -0.4 is 18.9 Å². The zero-order chi connectivity index (χ0) is 35.3. The number of rotatable bonds is 10. The number of phenols is 1. The first-order valence-electron chi connectivity index (χ1n) is 16.3. The van der Waals surface area contributed by atoms with E-state index in [2.05, 4.69) is 0 Å². The fraction of sp³-hybridized carbons (Fsp3) is 0.559. The van der Waals surface area contributed by atoms with Gasteiger partial charge in [-0.05, 0) is 54.3 Å². The Bertz CT molecular complexity index is 1620. The molecule has 3 saturated heterocycles. The van der Waals surface area contributed by atoms with E-state index in [1.54, 1.807) is 31.2 Å². The molecule has 0 bridgehead atoms. The Kier molecular flexibility index (Phi) is 9.38. The maximum atomic E-state index is 13.6. The normalized spacial score (nSPS) is 32.3. The van der Waals surface area contributed by atoms with E-state index in [9.17, 15) is 24.6 Å². The summed E-state index contributed by atoms with van der Waals surface area (Å²) >= 11 is 0. The number of esters is 2. The number of aliphatic hydroxyl groups excluding tert-OH is 1. The van der Waals surface area contributed by atoms with Gasteiger partial charge in [0.05, 0.1) is 39.5 Å². The van der Waals surface area contributed by atoms with Crippen molar-refractivity contribution in [2.75, 3.05) is 34.2 Å². The molecule has 0 aromatic heterocycles. The average molecular weight is 703 g/mol. The third-order valence-electron chi connectivity index (χ3n) is 9.76. The lowest BCUT2D eigenvalue weighted by molar-refractivity contribution is -0.365. The van der Waals surface area contributed by atoms with Crippen LogP contribution in [-0.4, -0.2) is 104 Å². The molecule has 0 spiro atoms. The number of fused-ring (bicyclic) bond motifs is 4. The standard InChI is InChI=1S/C34H38O16/c1-14-43-12-23-31(47-14)29(39)32(49-25(37)6-4-5-24(35)36)34(48-23)50-30-17-10-20-19(45-13-46-20)9-16(17)26(27-18(30)11-44-33(27)40)15-7-21(41-2)28(38)22(8-15)42-3/h7-10,14,18,23,26-27,29-32,34,38-39H,4-6,11-13H2,1-3H3,(H,35,36)/t14?,18-,23?,26+,27-,29?,30+,31?,32?,34?/m0/s1. The van der Waals surface area contributed by atoms with Gasteiger partial charge in [0.15, 0.2) is 41.7 Å². The number of carbonyl (C=O) groups is 3. The van der Waals surface area contributed by atoms with Gasteiger partial charge < -0.3 is 62.7 Å². The van der Waals surface area contributed by atoms with Gasteiger partial charge in [0.2, 0.25) is 12.5 Å². The number of methoxy groups -OCH3 is 2. The number of hydrogen-bond donors (Lipinski definition) is 3. The largest absolute Gasteiger partial charge is 0.502 e. The molecular weight excluding hydrogens is 664 g/mol. The Morgan fingerprint density at radius 2 is 1.64 bits per heavy atom. The molecule has 2 aromatic rings. The van der Waals surface area contributed by atoms with Crippen LogP contribution in [0.5, 0.6) is 28.7 Å². The number of carbonyl (C=O) groups excluding carboxylic acids is 2. The van der Waals surface area contributed by atoms with E-state index in [0.29, 0.717) is 28.2 Å². The summed E-state index contributed by atoms with van der Waals surface area (Å²) < 4.78 is 58.1. The van der Waals surface area contributed by atoms with Crippen molar-refractivity contribution < 1.29 is 77.1 Å². The highest BCUT2D eigenvalue weighted by Crippen LogP contribution is 2.57. The third-order valence-corrected chi connectivity index (χ3v) is 9.76. The van der Waals surface area contributed by atoms with Gasteiger partial charge in [-0.25, -0.2) is 0 Å². The molecule has 10 atom stereocenters. The molecule has 0 saturated carbocycles. The second-order valence-electron chi connectivity index (χ2n) is 12.7. The number of phenolic OH excluding ortho intramolecular Hbond substituents is 1. The molecule has 16 nitrogen and oxygen atoms in total. The van der Waals surface area contributed by atoms with Gasteiger partial charge in [-0.15, -0.1) is 0 Å². The monoisotopic (exact) mass is 702 g/mol. The van der Waals surface area contributed by atoms with Crippen molar-refractivity contribution in [2.45, 2.75) is 75.2 Å². The minimum atomic E-state index is -1.41. The fourth-order valence-corrected chi connectivity index (χ4v) is 7.44. The van der Waals surface area contributed by atoms with Crippen molar-refractivity contribution in [1.29, 1.82) is 0 Å². The lowest BCUT2D eigenvalue weighted by Gasteiger charge is -2.48. The fourth-order valence-electron chi connectivity index (χ4n) is 7.44. The number of cyclic esters (lactones) is 1. The van der Waals surface area contributed by atoms with E-state index < -0.39 is 78.8 Å². The predicted octanol–water partition coefficient (Wildman–Crippen LogP) is 2.14. The van der Waals surface area contributed by atoms with Crippen LogP contribution in [0.2, 0.25) is 0 Å². The lowest BCUT2D eigenvalue weighted by Crippen LogP contribution is -2.64. The zero-order valence-electron chi connectivity index (χ0n) is 27.5. The quantitative estimate of drug-likeness (QED) is 0.304. The highest BCUT2D eigenvalue weighted by atomic mass is 16.8. The molecule has 7 rings (SSSR count). The number of aliphatic carboxylic acids is 1. The number of carboxylic acid groups (broad SMARTS) is 1. The summed E-state index contributed by atoms with van der Waals surface area (Å²) in [7, 11) is 2.81. The first-order valence-corrected chi connectivity index (χ1v) is 16.3. The minimum absolute atomic E-state index is 0.0243. The van der Waals surface area contributed by atoms with E-state index in [-0.39, 0.29) is 56.5 Å². The maximum absolute atomic E-state index is 13.6. The Morgan fingerprint density at radius 3 is 2.32 bits per heavy atom. The molecule has 50 heavy (non-hydrogen) atoms. The van der Waals surface area contributed by atoms with Gasteiger partial charge in [0.25, 0.3) is 0 Å². The third kappa shape index (κ3) is 6.15. The number of benzene rings is 2. The SMILES string of the molecule is COc1cc([C@@H]2c3cc4c(cc3[C@@H](OC3OC5COC(C)OC5C(O)C3OC(=O)CCCC(=O)O)[C@H]3COC(=O)[C@H]23)OCO4)cc(OC)c1O. The summed E-state index contributed by atoms with van der Waals surface area (Å²) in [4.78, 5) is 37.6. The summed E-state index contributed by atoms with van der Waals surface area (Å²) in [5, 5.41) is 31.2. The van der Waals surface area contributed by atoms with Gasteiger partial charge in [-0.2, -0.15) is 0 Å². The molecule has 2 aromatic carbocycles. The van der Waals surface area contributed by atoms with Gasteiger partial charge >= 0.3 is 17.9 Å². The Labute approximate surface area is 285 Å². The van der Waals surface area contributed by atoms with E-state index in [0.717, 1.165) is 0 Å². The van der Waals surface area contributed by atoms with Crippen molar-refractivity contribution in [3.8, 4) is 28.7 Å². The number of aliphatic hydroxyl groups is 1. The lowest BCUT2D eigenvalue weighted by atomic mass is 9.66. The van der Waals surface area contributed by atoms with Crippen molar-refractivity contribution in [3.63, 3.8) is 0 Å². The first kappa shape index (κ1) is 34.1. The second kappa shape index (κ2) is 13.8. The van der Waals surface area contributed by atoms with Crippen molar-refractivity contribution in [3.05, 3.63) is 41.0 Å². The number of ether oxygens (including phenoxy) is 10. The van der Waals surface area contributed by atoms with E-state index in [1.807, 2.05) is 0 Å². The molecule has 3 fully saturated rings. The summed E-state index contributed by atoms with van der Waals surface area (Å²) in [6.07, 6.45) is -7.91. The molecule has 6 unspecified atom stereocenters. The molecule has 5 aliphatic rings. The Morgan fingerprint density at radius 1 is 0.940 bits per heavy atom. The van der Waals surface area contributed by atoms with Gasteiger partial charge in [-0.3, -0.25) is 14.4 Å². The summed E-state index contributed by atoms with van der Waals surface area (Å²) in [6, 6.07) is 6.78. The Hall–Kier alpha value is -4.35. The molecule has 3 N–H and O–H groups in total. The molecule has 270 valence electrons. The summed E-state index contributed by atoms with van der Waals surface area (Å²) in [5.41, 5.74) is 1.82. The molecule has 0 amide bonds. The first-order chi connectivity index (χ1) is 24.1. The number of carboxylic acids is 1. The molecule has 16 heteroatoms. The maximum Gasteiger partial charge on any atom is 0.310 e. The molecule has 4 heterocycles. The smallest absolute Gasteiger partial charge is 0.310 e. The topological polar surface area (TPSA) is 204 Å². The average Bonchev–Trinajstić information content (AvgIpc) is 3.72. The van der Waals surface area contributed by atoms with Crippen molar-refractivity contribution in [1.82, 2.24) is 0 Å². The van der Waals surface area contributed by atoms with Crippen LogP contribution in [-0.2, 0) is 42.8 Å². The van der Waals surface area contributed by atoms with Gasteiger partial charge in [0, 0.05) is 24.7 Å². The predicted molar refractivity (Wildman–Crippen MR) is 164 cm³/mol. The second-order valence-corrected chi connectivity index (χ2v) is 12.7. The molecule has 4 aliphatic heterocycles. The van der Waals surface area contributed by atoms with Crippen LogP contribution in [0.3, 0.4) is 0 Å². The van der Waals surface area contributed by atoms with Crippen LogP contribution in [0, 0.1) is 11.8 Å². The van der Waals surface area contributed by atoms with Crippen LogP contribution in [0.1, 0.15) is 54.9 Å². The van der Waals surface area contributed by atoms with Crippen LogP contribution in [0.25, 0.3) is 0 Å². The van der Waals surface area contributed by atoms with Crippen molar-refractivity contribution in [2.24, 2.45) is 11.8 Å². The highest BCUT2D eigenvalue weighted by Gasteiger charge is 2.57. The highest BCUT2D eigenvalue weighted by molar-refractivity contribution is 5.79.